The van der Waals surface area contributed by atoms with Crippen LogP contribution in [0.1, 0.15) is 0 Å². The summed E-state index contributed by atoms with van der Waals surface area (Å²) in [5.74, 6) is -0.363. The van der Waals surface area contributed by atoms with E-state index in [1.54, 1.807) is 0 Å². The molecule has 8 heteroatoms. The molecule has 82 valence electrons. The van der Waals surface area contributed by atoms with Crippen molar-refractivity contribution >= 4 is 80.3 Å². The van der Waals surface area contributed by atoms with Crippen molar-refractivity contribution < 1.29 is 5.11 Å². The van der Waals surface area contributed by atoms with Gasteiger partial charge in [0.1, 0.15) is 10.0 Å². The van der Waals surface area contributed by atoms with Crippen LogP contribution in [0.5, 0.6) is 5.75 Å². The molecule has 0 bridgehead atoms. The summed E-state index contributed by atoms with van der Waals surface area (Å²) in [6.07, 6.45) is 0. The minimum atomic E-state index is -0.363. The molecule has 14 heavy (non-hydrogen) atoms. The molecule has 0 spiro atoms. The van der Waals surface area contributed by atoms with Gasteiger partial charge in [-0.2, -0.15) is 9.90 Å². The number of rotatable bonds is 0. The number of hydrogen-bond donors (Lipinski definition) is 1. The number of phenolic OH excluding ortho intramolecular Hbond substituents is 1. The van der Waals surface area contributed by atoms with Crippen LogP contribution in [0.4, 0.5) is 0 Å². The van der Waals surface area contributed by atoms with Crippen LogP contribution in [0.25, 0.3) is 0 Å². The molecule has 0 aliphatic rings. The average molecular weight is 337 g/mol. The van der Waals surface area contributed by atoms with E-state index in [2.05, 4.69) is 0 Å². The lowest BCUT2D eigenvalue weighted by Gasteiger charge is -2.06. The van der Waals surface area contributed by atoms with Crippen LogP contribution in [-0.4, -0.2) is 5.11 Å². The minimum absolute atomic E-state index is 0. The Morgan fingerprint density at radius 3 is 1.14 bits per heavy atom. The van der Waals surface area contributed by atoms with E-state index < -0.39 is 0 Å². The molecule has 1 unspecified atom stereocenters. The molecule has 1 N–H and O–H groups in total. The Hall–Kier alpha value is 1.19. The van der Waals surface area contributed by atoms with Gasteiger partial charge in [-0.3, -0.25) is 0 Å². The normalized spacial score (nSPS) is 8.93. The lowest BCUT2D eigenvalue weighted by Crippen LogP contribution is -1.78. The van der Waals surface area contributed by atoms with Gasteiger partial charge in [-0.05, 0) is 0 Å². The van der Waals surface area contributed by atoms with E-state index in [-0.39, 0.29) is 53.2 Å². The summed E-state index contributed by atoms with van der Waals surface area (Å²) in [7, 11) is 0. The van der Waals surface area contributed by atoms with Crippen LogP contribution >= 0.6 is 80.3 Å². The van der Waals surface area contributed by atoms with Gasteiger partial charge in [0.25, 0.3) is 0 Å². The largest absolute Gasteiger partial charge is 0.505 e. The monoisotopic (exact) mass is 334 g/mol. The molecule has 0 aromatic heterocycles. The molecule has 1 rings (SSSR count). The molecular formula is C6H5Cl6OP. The van der Waals surface area contributed by atoms with Crippen molar-refractivity contribution in [3.8, 4) is 5.75 Å². The Bertz CT molecular complexity index is 237. The lowest BCUT2D eigenvalue weighted by molar-refractivity contribution is 0.476. The number of hydrogen-bond acceptors (Lipinski definition) is 1. The van der Waals surface area contributed by atoms with E-state index in [4.69, 9.17) is 58.0 Å². The highest BCUT2D eigenvalue weighted by molar-refractivity contribution is 6.92. The van der Waals surface area contributed by atoms with E-state index in [0.717, 1.165) is 0 Å². The van der Waals surface area contributed by atoms with Crippen LogP contribution < -0.4 is 0 Å². The third kappa shape index (κ3) is 3.09. The van der Waals surface area contributed by atoms with Gasteiger partial charge in [-0.15, -0.1) is 12.4 Å². The third-order valence-corrected chi connectivity index (χ3v) is 3.44. The maximum Gasteiger partial charge on any atom is 0.155 e. The van der Waals surface area contributed by atoms with Crippen LogP contribution in [0.15, 0.2) is 0 Å². The second-order valence-corrected chi connectivity index (χ2v) is 3.81. The van der Waals surface area contributed by atoms with Gasteiger partial charge >= 0.3 is 0 Å². The summed E-state index contributed by atoms with van der Waals surface area (Å²) in [6, 6.07) is 0. The fourth-order valence-electron chi connectivity index (χ4n) is 0.593. The molecule has 1 aromatic carbocycles. The molecule has 0 saturated heterocycles. The Balaban J connectivity index is 0. The molecule has 0 aliphatic carbocycles. The zero-order valence-corrected chi connectivity index (χ0v) is 12.5. The summed E-state index contributed by atoms with van der Waals surface area (Å²) >= 11 is 27.9. The maximum absolute atomic E-state index is 9.20. The Morgan fingerprint density at radius 2 is 0.857 bits per heavy atom. The van der Waals surface area contributed by atoms with Crippen molar-refractivity contribution in [1.82, 2.24) is 0 Å². The molecule has 0 fully saturated rings. The molecule has 1 atom stereocenters. The Morgan fingerprint density at radius 1 is 0.643 bits per heavy atom. The first-order valence-electron chi connectivity index (χ1n) is 2.67. The summed E-state index contributed by atoms with van der Waals surface area (Å²) in [6.45, 7) is 0. The molecule has 0 heterocycles. The second-order valence-electron chi connectivity index (χ2n) is 1.92. The van der Waals surface area contributed by atoms with Gasteiger partial charge in [0, 0.05) is 0 Å². The van der Waals surface area contributed by atoms with Crippen LogP contribution in [-0.2, 0) is 0 Å². The summed E-state index contributed by atoms with van der Waals surface area (Å²) in [5.41, 5.74) is 0. The van der Waals surface area contributed by atoms with E-state index >= 15 is 0 Å². The number of phenols is 1. The Labute approximate surface area is 116 Å². The number of aromatic hydroxyl groups is 1. The summed E-state index contributed by atoms with van der Waals surface area (Å²) in [5, 5.41) is 9.01. The van der Waals surface area contributed by atoms with Crippen molar-refractivity contribution in [2.45, 2.75) is 0 Å². The van der Waals surface area contributed by atoms with Crippen LogP contribution in [0.2, 0.25) is 25.1 Å². The molecular weight excluding hydrogens is 332 g/mol. The first kappa shape index (κ1) is 17.6. The highest BCUT2D eigenvalue weighted by Crippen LogP contribution is 2.47. The van der Waals surface area contributed by atoms with E-state index in [1.165, 1.54) is 0 Å². The predicted octanol–water partition coefficient (Wildman–Crippen LogP) is 5.14. The van der Waals surface area contributed by atoms with Crippen LogP contribution in [0, 0.1) is 0 Å². The maximum atomic E-state index is 9.20. The molecule has 0 saturated carbocycles. The molecule has 0 aliphatic heterocycles. The molecule has 1 aromatic rings. The molecule has 0 radical (unpaired) electrons. The van der Waals surface area contributed by atoms with Crippen molar-refractivity contribution in [1.29, 1.82) is 0 Å². The minimum Gasteiger partial charge on any atom is -0.505 e. The van der Waals surface area contributed by atoms with Crippen molar-refractivity contribution in [3.63, 3.8) is 0 Å². The molecule has 1 nitrogen and oxygen atoms in total. The zero-order valence-electron chi connectivity index (χ0n) is 6.45. The van der Waals surface area contributed by atoms with Crippen molar-refractivity contribution in [2.24, 2.45) is 0 Å². The van der Waals surface area contributed by atoms with Gasteiger partial charge in [0.15, 0.2) is 5.75 Å². The number of halogens is 6. The highest BCUT2D eigenvalue weighted by atomic mass is 35.5. The van der Waals surface area contributed by atoms with E-state index in [0.29, 0.717) is 0 Å². The second kappa shape index (κ2) is 6.70. The van der Waals surface area contributed by atoms with E-state index in [1.807, 2.05) is 0 Å². The first-order valence-corrected chi connectivity index (χ1v) is 4.56. The van der Waals surface area contributed by atoms with Gasteiger partial charge in [0.05, 0.1) is 15.1 Å². The summed E-state index contributed by atoms with van der Waals surface area (Å²) in [4.78, 5) is 0. The lowest BCUT2D eigenvalue weighted by atomic mass is 10.3. The zero-order chi connectivity index (χ0) is 9.46. The average Bonchev–Trinajstić information content (AvgIpc) is 2.08. The summed E-state index contributed by atoms with van der Waals surface area (Å²) < 4.78 is 0. The predicted molar refractivity (Wildman–Crippen MR) is 71.5 cm³/mol. The number of benzene rings is 1. The van der Waals surface area contributed by atoms with Crippen LogP contribution in [0.3, 0.4) is 0 Å². The fraction of sp³-hybridized carbons (Fsp3) is 0. The quantitative estimate of drug-likeness (QED) is 0.395. The van der Waals surface area contributed by atoms with Gasteiger partial charge in [0.2, 0.25) is 0 Å². The van der Waals surface area contributed by atoms with Gasteiger partial charge < -0.3 is 5.11 Å². The van der Waals surface area contributed by atoms with Crippen molar-refractivity contribution in [2.75, 3.05) is 0 Å². The van der Waals surface area contributed by atoms with Gasteiger partial charge in [-0.1, -0.05) is 58.0 Å². The van der Waals surface area contributed by atoms with Crippen molar-refractivity contribution in [3.05, 3.63) is 25.1 Å². The fourth-order valence-corrected chi connectivity index (χ4v) is 1.72. The first-order chi connectivity index (χ1) is 5.46. The standard InChI is InChI=1S/C6HCl5O.ClH.H3P/c7-1-2(8)4(10)6(12)5(11)3(1)9;;/h12H;1H;1H3. The van der Waals surface area contributed by atoms with Gasteiger partial charge in [-0.25, -0.2) is 0 Å². The smallest absolute Gasteiger partial charge is 0.155 e. The topological polar surface area (TPSA) is 20.2 Å². The third-order valence-electron chi connectivity index (χ3n) is 1.19. The van der Waals surface area contributed by atoms with E-state index in [9.17, 15) is 5.11 Å². The molecule has 0 amide bonds. The highest BCUT2D eigenvalue weighted by Gasteiger charge is 2.17. The SMILES string of the molecule is Cl.Oc1c(Cl)c(Cl)c(Cl)c(Cl)c1Cl.P. The Kier molecular flexibility index (Phi) is 8.42.